The van der Waals surface area contributed by atoms with Crippen LogP contribution >= 0.6 is 0 Å². The summed E-state index contributed by atoms with van der Waals surface area (Å²) in [6.45, 7) is 1.32. The second kappa shape index (κ2) is 3.97. The summed E-state index contributed by atoms with van der Waals surface area (Å²) in [6.07, 6.45) is 7.11. The Morgan fingerprint density at radius 3 is 2.85 bits per heavy atom. The maximum atomic E-state index is 3.43. The third kappa shape index (κ3) is 1.89. The number of likely N-dealkylation sites (tertiary alicyclic amines) is 1. The summed E-state index contributed by atoms with van der Waals surface area (Å²) in [5, 5.41) is 3.43. The van der Waals surface area contributed by atoms with Gasteiger partial charge in [-0.2, -0.15) is 0 Å². The van der Waals surface area contributed by atoms with Crippen molar-refractivity contribution in [1.29, 1.82) is 0 Å². The van der Waals surface area contributed by atoms with E-state index in [4.69, 9.17) is 0 Å². The molecule has 1 aliphatic heterocycles. The Kier molecular flexibility index (Phi) is 2.89. The van der Waals surface area contributed by atoms with E-state index < -0.39 is 0 Å². The van der Waals surface area contributed by atoms with Crippen molar-refractivity contribution in [3.8, 4) is 0 Å². The average molecular weight is 182 g/mol. The zero-order valence-electron chi connectivity index (χ0n) is 8.92. The van der Waals surface area contributed by atoms with Crippen LogP contribution in [0.15, 0.2) is 0 Å². The molecule has 2 nitrogen and oxygen atoms in total. The minimum atomic E-state index is 0.779. The van der Waals surface area contributed by atoms with Crippen LogP contribution in [0.5, 0.6) is 0 Å². The highest BCUT2D eigenvalue weighted by atomic mass is 15.1. The highest BCUT2D eigenvalue weighted by Gasteiger charge is 2.34. The van der Waals surface area contributed by atoms with Gasteiger partial charge in [-0.3, -0.25) is 0 Å². The first kappa shape index (κ1) is 9.47. The molecule has 1 saturated carbocycles. The van der Waals surface area contributed by atoms with Gasteiger partial charge in [0.05, 0.1) is 0 Å². The van der Waals surface area contributed by atoms with Gasteiger partial charge in [0.15, 0.2) is 0 Å². The molecule has 2 heteroatoms. The molecule has 2 rings (SSSR count). The Bertz CT molecular complexity index is 169. The molecule has 0 unspecified atom stereocenters. The Morgan fingerprint density at radius 1 is 1.23 bits per heavy atom. The minimum Gasteiger partial charge on any atom is -0.317 e. The van der Waals surface area contributed by atoms with E-state index in [0.29, 0.717) is 0 Å². The van der Waals surface area contributed by atoms with Crippen molar-refractivity contribution in [3.05, 3.63) is 0 Å². The van der Waals surface area contributed by atoms with Gasteiger partial charge in [-0.15, -0.1) is 0 Å². The van der Waals surface area contributed by atoms with Crippen molar-refractivity contribution in [1.82, 2.24) is 10.2 Å². The largest absolute Gasteiger partial charge is 0.317 e. The summed E-state index contributed by atoms with van der Waals surface area (Å²) in [6, 6.07) is 1.65. The lowest BCUT2D eigenvalue weighted by molar-refractivity contribution is 0.0709. The number of hydrogen-bond donors (Lipinski definition) is 1. The summed E-state index contributed by atoms with van der Waals surface area (Å²) in [4.78, 5) is 2.58. The quantitative estimate of drug-likeness (QED) is 0.660. The van der Waals surface area contributed by atoms with Crippen molar-refractivity contribution in [3.63, 3.8) is 0 Å². The third-order valence-electron chi connectivity index (χ3n) is 4.02. The molecule has 0 aromatic rings. The first-order valence-corrected chi connectivity index (χ1v) is 5.68. The van der Waals surface area contributed by atoms with Crippen molar-refractivity contribution in [2.24, 2.45) is 5.92 Å². The number of nitrogens with zero attached hydrogens (tertiary/aromatic N) is 1. The molecule has 1 heterocycles. The van der Waals surface area contributed by atoms with Gasteiger partial charge in [-0.1, -0.05) is 0 Å². The molecule has 3 atom stereocenters. The first-order chi connectivity index (χ1) is 6.31. The van der Waals surface area contributed by atoms with Crippen LogP contribution in [-0.4, -0.2) is 37.6 Å². The number of rotatable bonds is 1. The predicted octanol–water partition coefficient (Wildman–Crippen LogP) is 1.47. The van der Waals surface area contributed by atoms with Gasteiger partial charge >= 0.3 is 0 Å². The molecule has 0 aromatic heterocycles. The number of piperidine rings is 1. The van der Waals surface area contributed by atoms with Crippen molar-refractivity contribution in [2.45, 2.75) is 44.2 Å². The Balaban J connectivity index is 1.97. The van der Waals surface area contributed by atoms with Gasteiger partial charge < -0.3 is 10.2 Å². The maximum Gasteiger partial charge on any atom is 0.0135 e. The molecule has 1 aliphatic carbocycles. The summed E-state index contributed by atoms with van der Waals surface area (Å²) < 4.78 is 0. The fourth-order valence-corrected chi connectivity index (χ4v) is 3.12. The number of fused-ring (bicyclic) bond motifs is 1. The van der Waals surface area contributed by atoms with Crippen LogP contribution in [0.25, 0.3) is 0 Å². The smallest absolute Gasteiger partial charge is 0.0135 e. The molecule has 0 aromatic carbocycles. The minimum absolute atomic E-state index is 0.779. The van der Waals surface area contributed by atoms with E-state index in [1.807, 2.05) is 0 Å². The number of hydrogen-bond acceptors (Lipinski definition) is 2. The van der Waals surface area contributed by atoms with Gasteiger partial charge in [-0.25, -0.2) is 0 Å². The summed E-state index contributed by atoms with van der Waals surface area (Å²) >= 11 is 0. The lowest BCUT2D eigenvalue weighted by Gasteiger charge is -2.44. The van der Waals surface area contributed by atoms with E-state index in [-0.39, 0.29) is 0 Å². The van der Waals surface area contributed by atoms with E-state index in [0.717, 1.165) is 18.0 Å². The molecule has 76 valence electrons. The molecule has 0 spiro atoms. The summed E-state index contributed by atoms with van der Waals surface area (Å²) in [5.41, 5.74) is 0. The maximum absolute atomic E-state index is 3.43. The highest BCUT2D eigenvalue weighted by Crippen LogP contribution is 2.34. The van der Waals surface area contributed by atoms with E-state index in [1.165, 1.54) is 38.6 Å². The molecule has 0 bridgehead atoms. The third-order valence-corrected chi connectivity index (χ3v) is 4.02. The standard InChI is InChI=1S/C11H22N2/c1-12-10-6-5-9-4-3-7-13(2)11(9)8-10/h9-12H,3-8H2,1-2H3/t9-,10+,11+/m1/s1. The summed E-state index contributed by atoms with van der Waals surface area (Å²) in [5.74, 6) is 1.00. The van der Waals surface area contributed by atoms with Gasteiger partial charge in [0.25, 0.3) is 0 Å². The Morgan fingerprint density at radius 2 is 2.08 bits per heavy atom. The monoisotopic (exact) mass is 182 g/mol. The topological polar surface area (TPSA) is 15.3 Å². The zero-order valence-corrected chi connectivity index (χ0v) is 8.92. The van der Waals surface area contributed by atoms with Crippen molar-refractivity contribution in [2.75, 3.05) is 20.6 Å². The van der Waals surface area contributed by atoms with Crippen LogP contribution in [0.1, 0.15) is 32.1 Å². The van der Waals surface area contributed by atoms with E-state index in [1.54, 1.807) is 0 Å². The Hall–Kier alpha value is -0.0800. The van der Waals surface area contributed by atoms with Gasteiger partial charge in [0.2, 0.25) is 0 Å². The molecule has 1 N–H and O–H groups in total. The van der Waals surface area contributed by atoms with E-state index >= 15 is 0 Å². The fraction of sp³-hybridized carbons (Fsp3) is 1.00. The van der Waals surface area contributed by atoms with E-state index in [9.17, 15) is 0 Å². The van der Waals surface area contributed by atoms with Crippen LogP contribution in [-0.2, 0) is 0 Å². The number of nitrogens with one attached hydrogen (secondary N) is 1. The van der Waals surface area contributed by atoms with Crippen molar-refractivity contribution >= 4 is 0 Å². The van der Waals surface area contributed by atoms with E-state index in [2.05, 4.69) is 24.3 Å². The Labute approximate surface area is 81.7 Å². The van der Waals surface area contributed by atoms with Crippen LogP contribution in [0.3, 0.4) is 0 Å². The van der Waals surface area contributed by atoms with Gasteiger partial charge in [0.1, 0.15) is 0 Å². The molecular formula is C11H22N2. The molecule has 2 aliphatic rings. The second-order valence-electron chi connectivity index (χ2n) is 4.75. The van der Waals surface area contributed by atoms with Crippen LogP contribution < -0.4 is 5.32 Å². The second-order valence-corrected chi connectivity index (χ2v) is 4.75. The lowest BCUT2D eigenvalue weighted by Crippen LogP contribution is -2.49. The summed E-state index contributed by atoms with van der Waals surface area (Å²) in [7, 11) is 4.41. The fourth-order valence-electron chi connectivity index (χ4n) is 3.12. The predicted molar refractivity (Wildman–Crippen MR) is 55.8 cm³/mol. The van der Waals surface area contributed by atoms with Crippen LogP contribution in [0, 0.1) is 5.92 Å². The van der Waals surface area contributed by atoms with Gasteiger partial charge in [-0.05, 0) is 58.7 Å². The van der Waals surface area contributed by atoms with Crippen LogP contribution in [0.2, 0.25) is 0 Å². The van der Waals surface area contributed by atoms with Gasteiger partial charge in [0, 0.05) is 12.1 Å². The van der Waals surface area contributed by atoms with Crippen molar-refractivity contribution < 1.29 is 0 Å². The molecule has 2 fully saturated rings. The average Bonchev–Trinajstić information content (AvgIpc) is 2.18. The molecular weight excluding hydrogens is 160 g/mol. The zero-order chi connectivity index (χ0) is 9.26. The van der Waals surface area contributed by atoms with Crippen LogP contribution in [0.4, 0.5) is 0 Å². The highest BCUT2D eigenvalue weighted by molar-refractivity contribution is 4.90. The molecule has 0 radical (unpaired) electrons. The normalized spacial score (nSPS) is 41.5. The first-order valence-electron chi connectivity index (χ1n) is 5.68. The molecule has 0 amide bonds. The lowest BCUT2D eigenvalue weighted by atomic mass is 9.76. The SMILES string of the molecule is CN[C@H]1CC[C@H]2CCCN(C)[C@H]2C1. The molecule has 1 saturated heterocycles. The molecule has 13 heavy (non-hydrogen) atoms.